The Morgan fingerprint density at radius 2 is 2.00 bits per heavy atom. The van der Waals surface area contributed by atoms with Crippen molar-refractivity contribution in [1.82, 2.24) is 0 Å². The Kier molecular flexibility index (Phi) is 5.01. The highest BCUT2D eigenvalue weighted by molar-refractivity contribution is 5.36. The molecule has 0 saturated carbocycles. The number of aryl methyl sites for hydroxylation is 1. The second-order valence-corrected chi connectivity index (χ2v) is 5.41. The molecule has 0 amide bonds. The van der Waals surface area contributed by atoms with Crippen molar-refractivity contribution in [1.29, 1.82) is 0 Å². The first kappa shape index (κ1) is 14.0. The lowest BCUT2D eigenvalue weighted by atomic mass is 9.82. The van der Waals surface area contributed by atoms with E-state index in [1.54, 1.807) is 0 Å². The van der Waals surface area contributed by atoms with Gasteiger partial charge in [-0.05, 0) is 55.8 Å². The summed E-state index contributed by atoms with van der Waals surface area (Å²) in [5.41, 5.74) is 8.49. The van der Waals surface area contributed by atoms with Crippen molar-refractivity contribution in [2.24, 2.45) is 11.1 Å². The zero-order valence-electron chi connectivity index (χ0n) is 11.5. The fraction of sp³-hybridized carbons (Fsp3) is 0.600. The molecule has 0 aliphatic rings. The van der Waals surface area contributed by atoms with Crippen LogP contribution in [0.25, 0.3) is 0 Å². The maximum atomic E-state index is 5.64. The van der Waals surface area contributed by atoms with Crippen molar-refractivity contribution in [3.05, 3.63) is 29.3 Å². The molecule has 0 spiro atoms. The molecule has 0 aliphatic carbocycles. The van der Waals surface area contributed by atoms with Crippen LogP contribution in [0.2, 0.25) is 0 Å². The Bertz CT molecular complexity index is 358. The van der Waals surface area contributed by atoms with E-state index in [-0.39, 0.29) is 5.41 Å². The predicted molar refractivity (Wildman–Crippen MR) is 73.5 cm³/mol. The molecular weight excluding hydrogens is 210 g/mol. The van der Waals surface area contributed by atoms with E-state index in [4.69, 9.17) is 10.5 Å². The van der Waals surface area contributed by atoms with Gasteiger partial charge in [0.1, 0.15) is 5.75 Å². The maximum Gasteiger partial charge on any atom is 0.122 e. The quantitative estimate of drug-likeness (QED) is 0.821. The molecule has 0 heterocycles. The molecule has 0 bridgehead atoms. The zero-order valence-corrected chi connectivity index (χ0v) is 11.5. The summed E-state index contributed by atoms with van der Waals surface area (Å²) in [5.74, 6) is 0.993. The minimum Gasteiger partial charge on any atom is -0.494 e. The van der Waals surface area contributed by atoms with Crippen LogP contribution < -0.4 is 10.5 Å². The summed E-state index contributed by atoms with van der Waals surface area (Å²) < 4.78 is 5.55. The summed E-state index contributed by atoms with van der Waals surface area (Å²) in [6.07, 6.45) is 2.12. The van der Waals surface area contributed by atoms with Gasteiger partial charge < -0.3 is 10.5 Å². The summed E-state index contributed by atoms with van der Waals surface area (Å²) in [6, 6.07) is 6.46. The van der Waals surface area contributed by atoms with E-state index >= 15 is 0 Å². The minimum absolute atomic E-state index is 0.272. The van der Waals surface area contributed by atoms with E-state index in [0.717, 1.165) is 31.7 Å². The Balaban J connectivity index is 2.76. The van der Waals surface area contributed by atoms with Gasteiger partial charge in [-0.1, -0.05) is 26.0 Å². The number of hydrogen-bond donors (Lipinski definition) is 1. The van der Waals surface area contributed by atoms with Crippen LogP contribution >= 0.6 is 0 Å². The summed E-state index contributed by atoms with van der Waals surface area (Å²) in [4.78, 5) is 0. The molecule has 96 valence electrons. The van der Waals surface area contributed by atoms with Crippen LogP contribution in [-0.4, -0.2) is 13.2 Å². The molecule has 0 saturated heterocycles. The van der Waals surface area contributed by atoms with E-state index in [2.05, 4.69) is 39.0 Å². The Hall–Kier alpha value is -1.02. The van der Waals surface area contributed by atoms with Crippen molar-refractivity contribution < 1.29 is 4.74 Å². The largest absolute Gasteiger partial charge is 0.494 e. The zero-order chi connectivity index (χ0) is 12.9. The lowest BCUT2D eigenvalue weighted by Crippen LogP contribution is -2.19. The van der Waals surface area contributed by atoms with Crippen molar-refractivity contribution in [3.8, 4) is 5.75 Å². The van der Waals surface area contributed by atoms with E-state index in [9.17, 15) is 0 Å². The number of ether oxygens (including phenoxy) is 1. The predicted octanol–water partition coefficient (Wildman–Crippen LogP) is 3.31. The first-order chi connectivity index (χ1) is 7.98. The van der Waals surface area contributed by atoms with Crippen LogP contribution in [0.15, 0.2) is 18.2 Å². The molecule has 2 heteroatoms. The normalized spacial score (nSPS) is 11.6. The average Bonchev–Trinajstić information content (AvgIpc) is 2.21. The van der Waals surface area contributed by atoms with Crippen molar-refractivity contribution >= 4 is 0 Å². The molecule has 1 rings (SSSR count). The number of nitrogens with two attached hydrogens (primary N) is 1. The third kappa shape index (κ3) is 4.39. The van der Waals surface area contributed by atoms with E-state index < -0.39 is 0 Å². The van der Waals surface area contributed by atoms with Crippen LogP contribution in [0.5, 0.6) is 5.75 Å². The highest BCUT2D eigenvalue weighted by Crippen LogP contribution is 2.27. The van der Waals surface area contributed by atoms with Gasteiger partial charge in [-0.2, -0.15) is 0 Å². The summed E-state index contributed by atoms with van der Waals surface area (Å²) in [6.45, 7) is 10.1. The van der Waals surface area contributed by atoms with Gasteiger partial charge in [-0.25, -0.2) is 0 Å². The monoisotopic (exact) mass is 235 g/mol. The molecule has 2 nitrogen and oxygen atoms in total. The van der Waals surface area contributed by atoms with Crippen LogP contribution in [0, 0.1) is 12.3 Å². The molecular formula is C15H25NO. The van der Waals surface area contributed by atoms with Gasteiger partial charge in [0.15, 0.2) is 0 Å². The number of hydrogen-bond acceptors (Lipinski definition) is 2. The van der Waals surface area contributed by atoms with Crippen molar-refractivity contribution in [2.75, 3.05) is 13.2 Å². The topological polar surface area (TPSA) is 35.2 Å². The lowest BCUT2D eigenvalue weighted by molar-refractivity contribution is 0.333. The Morgan fingerprint density at radius 1 is 1.29 bits per heavy atom. The molecule has 1 aromatic carbocycles. The number of benzene rings is 1. The highest BCUT2D eigenvalue weighted by Gasteiger charge is 2.17. The molecule has 0 aliphatic heterocycles. The third-order valence-electron chi connectivity index (χ3n) is 3.04. The summed E-state index contributed by atoms with van der Waals surface area (Å²) >= 11 is 0. The van der Waals surface area contributed by atoms with Gasteiger partial charge in [0, 0.05) is 0 Å². The van der Waals surface area contributed by atoms with Crippen LogP contribution in [0.4, 0.5) is 0 Å². The number of rotatable bonds is 6. The van der Waals surface area contributed by atoms with Gasteiger partial charge in [0.2, 0.25) is 0 Å². The van der Waals surface area contributed by atoms with E-state index in [0.29, 0.717) is 0 Å². The molecule has 0 radical (unpaired) electrons. The van der Waals surface area contributed by atoms with Gasteiger partial charge in [-0.15, -0.1) is 0 Å². The first-order valence-corrected chi connectivity index (χ1v) is 6.41. The average molecular weight is 235 g/mol. The van der Waals surface area contributed by atoms with Gasteiger partial charge in [0.05, 0.1) is 6.61 Å². The van der Waals surface area contributed by atoms with Crippen LogP contribution in [0.3, 0.4) is 0 Å². The maximum absolute atomic E-state index is 5.64. The van der Waals surface area contributed by atoms with E-state index in [1.807, 2.05) is 6.92 Å². The second kappa shape index (κ2) is 6.06. The van der Waals surface area contributed by atoms with Gasteiger partial charge >= 0.3 is 0 Å². The third-order valence-corrected chi connectivity index (χ3v) is 3.04. The molecule has 0 atom stereocenters. The van der Waals surface area contributed by atoms with Gasteiger partial charge in [0.25, 0.3) is 0 Å². The second-order valence-electron chi connectivity index (χ2n) is 5.41. The molecule has 0 unspecified atom stereocenters. The highest BCUT2D eigenvalue weighted by atomic mass is 16.5. The summed E-state index contributed by atoms with van der Waals surface area (Å²) in [5, 5.41) is 0. The molecule has 2 N–H and O–H groups in total. The Labute approximate surface area is 105 Å². The standard InChI is InChI=1S/C15H25NO/c1-5-17-14-7-6-13(10-12(14)2)11-15(3,4)8-9-16/h6-7,10H,5,8-9,11,16H2,1-4H3. The molecule has 17 heavy (non-hydrogen) atoms. The first-order valence-electron chi connectivity index (χ1n) is 6.41. The van der Waals surface area contributed by atoms with E-state index in [1.165, 1.54) is 11.1 Å². The van der Waals surface area contributed by atoms with Crippen LogP contribution in [-0.2, 0) is 6.42 Å². The lowest BCUT2D eigenvalue weighted by Gasteiger charge is -2.24. The molecule has 0 aromatic heterocycles. The van der Waals surface area contributed by atoms with Crippen molar-refractivity contribution in [3.63, 3.8) is 0 Å². The SMILES string of the molecule is CCOc1ccc(CC(C)(C)CCN)cc1C. The fourth-order valence-corrected chi connectivity index (χ4v) is 2.17. The van der Waals surface area contributed by atoms with Crippen molar-refractivity contribution in [2.45, 2.75) is 40.5 Å². The smallest absolute Gasteiger partial charge is 0.122 e. The summed E-state index contributed by atoms with van der Waals surface area (Å²) in [7, 11) is 0. The minimum atomic E-state index is 0.272. The van der Waals surface area contributed by atoms with Crippen LogP contribution in [0.1, 0.15) is 38.3 Å². The Morgan fingerprint density at radius 3 is 2.53 bits per heavy atom. The fourth-order valence-electron chi connectivity index (χ4n) is 2.17. The molecule has 1 aromatic rings. The van der Waals surface area contributed by atoms with Gasteiger partial charge in [-0.3, -0.25) is 0 Å². The molecule has 0 fully saturated rings.